The first-order valence-electron chi connectivity index (χ1n) is 12.4. The molecule has 2 aromatic carbocycles. The number of carboxylic acid groups (broad SMARTS) is 1. The Labute approximate surface area is 230 Å². The predicted molar refractivity (Wildman–Crippen MR) is 141 cm³/mol. The number of amides is 1. The highest BCUT2D eigenvalue weighted by atomic mass is 35.5. The van der Waals surface area contributed by atoms with Crippen molar-refractivity contribution < 1.29 is 32.6 Å². The number of nitrogens with one attached hydrogen (secondary N) is 1. The van der Waals surface area contributed by atoms with Crippen LogP contribution >= 0.6 is 23.2 Å². The van der Waals surface area contributed by atoms with Crippen LogP contribution in [-0.2, 0) is 16.0 Å². The van der Waals surface area contributed by atoms with Crippen molar-refractivity contribution in [3.63, 3.8) is 0 Å². The van der Waals surface area contributed by atoms with E-state index in [2.05, 4.69) is 10.2 Å². The van der Waals surface area contributed by atoms with Crippen LogP contribution < -0.4 is 10.1 Å². The summed E-state index contributed by atoms with van der Waals surface area (Å²) in [5.41, 5.74) is 2.86. The van der Waals surface area contributed by atoms with E-state index in [1.807, 2.05) is 50.2 Å². The molecule has 0 aliphatic carbocycles. The summed E-state index contributed by atoms with van der Waals surface area (Å²) in [6, 6.07) is 12.2. The monoisotopic (exact) mass is 574 g/mol. The van der Waals surface area contributed by atoms with Crippen LogP contribution in [0.3, 0.4) is 0 Å². The number of carboxylic acids is 1. The third-order valence-corrected chi connectivity index (χ3v) is 7.17. The first kappa shape index (κ1) is 30.1. The molecular formula is C27H31Cl2F3N2O4. The zero-order chi connectivity index (χ0) is 28.0. The molecule has 0 aromatic heterocycles. The number of hydrogen-bond donors (Lipinski definition) is 2. The second kappa shape index (κ2) is 13.0. The van der Waals surface area contributed by atoms with Gasteiger partial charge in [0.05, 0.1) is 6.10 Å². The van der Waals surface area contributed by atoms with Crippen molar-refractivity contribution in [2.45, 2.75) is 57.9 Å². The van der Waals surface area contributed by atoms with E-state index >= 15 is 0 Å². The zero-order valence-corrected chi connectivity index (χ0v) is 22.7. The maximum absolute atomic E-state index is 13.0. The van der Waals surface area contributed by atoms with Crippen LogP contribution in [0, 0.1) is 5.92 Å². The Kier molecular flexibility index (Phi) is 10.3. The van der Waals surface area contributed by atoms with Gasteiger partial charge in [0.1, 0.15) is 5.75 Å². The largest absolute Gasteiger partial charge is 0.491 e. The molecule has 2 fully saturated rings. The number of alkyl halides is 3. The summed E-state index contributed by atoms with van der Waals surface area (Å²) < 4.78 is 37.5. The van der Waals surface area contributed by atoms with Gasteiger partial charge >= 0.3 is 12.1 Å². The lowest BCUT2D eigenvalue weighted by molar-refractivity contribution is -0.192. The molecular weight excluding hydrogens is 544 g/mol. The molecule has 0 unspecified atom stereocenters. The molecule has 11 heteroatoms. The highest BCUT2D eigenvalue weighted by molar-refractivity contribution is 6.36. The quantitative estimate of drug-likeness (QED) is 0.428. The molecule has 2 aliphatic rings. The standard InChI is InChI=1S/C25H30Cl2N2O2.C2HF3O2/c1-16(2)31-21-5-3-17(4-6-21)19-14-23(26)22(24(27)15-19)13-18-9-12-29(25(18)30)20-7-10-28-11-8-20;3-2(4,5)1(6)7/h3-6,14-16,18,20,28H,7-13H2,1-2H3;(H,6,7)/t18-;/m0./s1. The van der Waals surface area contributed by atoms with Crippen molar-refractivity contribution in [1.82, 2.24) is 10.2 Å². The predicted octanol–water partition coefficient (Wildman–Crippen LogP) is 6.22. The number of piperidine rings is 1. The van der Waals surface area contributed by atoms with Gasteiger partial charge in [-0.05, 0) is 93.6 Å². The minimum absolute atomic E-state index is 0.0387. The van der Waals surface area contributed by atoms with E-state index in [-0.39, 0.29) is 17.9 Å². The molecule has 1 atom stereocenters. The number of hydrogen-bond acceptors (Lipinski definition) is 4. The van der Waals surface area contributed by atoms with E-state index in [9.17, 15) is 18.0 Å². The fourth-order valence-corrected chi connectivity index (χ4v) is 5.28. The molecule has 2 aliphatic heterocycles. The zero-order valence-electron chi connectivity index (χ0n) is 21.2. The molecule has 0 saturated carbocycles. The number of benzene rings is 2. The molecule has 2 heterocycles. The fourth-order valence-electron chi connectivity index (χ4n) is 4.64. The van der Waals surface area contributed by atoms with Gasteiger partial charge in [-0.1, -0.05) is 35.3 Å². The van der Waals surface area contributed by atoms with E-state index in [0.717, 1.165) is 61.3 Å². The third-order valence-electron chi connectivity index (χ3n) is 6.49. The van der Waals surface area contributed by atoms with E-state index in [4.69, 9.17) is 37.8 Å². The van der Waals surface area contributed by atoms with Gasteiger partial charge in [0.2, 0.25) is 5.91 Å². The van der Waals surface area contributed by atoms with Gasteiger partial charge in [0.15, 0.2) is 0 Å². The van der Waals surface area contributed by atoms with Crippen molar-refractivity contribution in [2.24, 2.45) is 5.92 Å². The molecule has 38 heavy (non-hydrogen) atoms. The highest BCUT2D eigenvalue weighted by Gasteiger charge is 2.38. The lowest BCUT2D eigenvalue weighted by Crippen LogP contribution is -2.44. The van der Waals surface area contributed by atoms with Gasteiger partial charge in [0, 0.05) is 28.5 Å². The van der Waals surface area contributed by atoms with Crippen molar-refractivity contribution in [3.05, 3.63) is 52.0 Å². The number of aliphatic carboxylic acids is 1. The van der Waals surface area contributed by atoms with Crippen molar-refractivity contribution in [1.29, 1.82) is 0 Å². The van der Waals surface area contributed by atoms with E-state index < -0.39 is 12.1 Å². The number of likely N-dealkylation sites (tertiary alicyclic amines) is 1. The van der Waals surface area contributed by atoms with Gasteiger partial charge in [-0.15, -0.1) is 0 Å². The summed E-state index contributed by atoms with van der Waals surface area (Å²) in [6.45, 7) is 6.83. The van der Waals surface area contributed by atoms with Gasteiger partial charge in [-0.2, -0.15) is 13.2 Å². The topological polar surface area (TPSA) is 78.9 Å². The average molecular weight is 575 g/mol. The number of carbonyl (C=O) groups excluding carboxylic acids is 1. The molecule has 6 nitrogen and oxygen atoms in total. The molecule has 0 spiro atoms. The lowest BCUT2D eigenvalue weighted by Gasteiger charge is -2.31. The van der Waals surface area contributed by atoms with Gasteiger partial charge in [-0.25, -0.2) is 4.79 Å². The van der Waals surface area contributed by atoms with Crippen molar-refractivity contribution in [2.75, 3.05) is 19.6 Å². The minimum atomic E-state index is -5.08. The number of nitrogens with zero attached hydrogens (tertiary/aromatic N) is 1. The molecule has 4 rings (SSSR count). The average Bonchev–Trinajstić information content (AvgIpc) is 3.21. The molecule has 2 saturated heterocycles. The summed E-state index contributed by atoms with van der Waals surface area (Å²) in [5.74, 6) is -1.70. The fraction of sp³-hybridized carbons (Fsp3) is 0.481. The Hall–Kier alpha value is -2.49. The van der Waals surface area contributed by atoms with Gasteiger partial charge in [0.25, 0.3) is 0 Å². The first-order valence-corrected chi connectivity index (χ1v) is 13.2. The maximum atomic E-state index is 13.0. The minimum Gasteiger partial charge on any atom is -0.491 e. The van der Waals surface area contributed by atoms with Crippen molar-refractivity contribution >= 4 is 35.1 Å². The SMILES string of the molecule is CC(C)Oc1ccc(-c2cc(Cl)c(C[C@@H]3CCN(C4CCNCC4)C3=O)c(Cl)c2)cc1.O=C(O)C(F)(F)F. The van der Waals surface area contributed by atoms with Crippen LogP contribution in [0.5, 0.6) is 5.75 Å². The second-order valence-corrected chi connectivity index (χ2v) is 10.4. The van der Waals surface area contributed by atoms with Crippen LogP contribution in [-0.4, -0.2) is 59.8 Å². The molecule has 0 radical (unpaired) electrons. The normalized spacial score (nSPS) is 18.4. The van der Waals surface area contributed by atoms with Crippen LogP contribution in [0.4, 0.5) is 13.2 Å². The molecule has 1 amide bonds. The van der Waals surface area contributed by atoms with Gasteiger partial charge in [-0.3, -0.25) is 4.79 Å². The Morgan fingerprint density at radius 2 is 1.63 bits per heavy atom. The Morgan fingerprint density at radius 3 is 2.13 bits per heavy atom. The lowest BCUT2D eigenvalue weighted by atomic mass is 9.95. The Bertz CT molecular complexity index is 1100. The summed E-state index contributed by atoms with van der Waals surface area (Å²) in [5, 5.41) is 11.7. The second-order valence-electron chi connectivity index (χ2n) is 9.61. The van der Waals surface area contributed by atoms with Gasteiger partial charge < -0.3 is 20.1 Å². The Balaban J connectivity index is 0.000000505. The molecule has 2 aromatic rings. The summed E-state index contributed by atoms with van der Waals surface area (Å²) in [4.78, 5) is 24.0. The van der Waals surface area contributed by atoms with Crippen molar-refractivity contribution in [3.8, 4) is 16.9 Å². The van der Waals surface area contributed by atoms with Crippen LogP contribution in [0.2, 0.25) is 10.0 Å². The van der Waals surface area contributed by atoms with Crippen LogP contribution in [0.1, 0.15) is 38.7 Å². The molecule has 0 bridgehead atoms. The first-order chi connectivity index (χ1) is 17.9. The third kappa shape index (κ3) is 8.01. The smallest absolute Gasteiger partial charge is 0.490 e. The van der Waals surface area contributed by atoms with E-state index in [1.165, 1.54) is 0 Å². The number of rotatable bonds is 6. The summed E-state index contributed by atoms with van der Waals surface area (Å²) >= 11 is 13.3. The molecule has 2 N–H and O–H groups in total. The number of carbonyl (C=O) groups is 2. The summed E-state index contributed by atoms with van der Waals surface area (Å²) in [6.07, 6.45) is -1.41. The maximum Gasteiger partial charge on any atom is 0.490 e. The van der Waals surface area contributed by atoms with E-state index in [1.54, 1.807) is 0 Å². The molecule has 208 valence electrons. The van der Waals surface area contributed by atoms with Crippen LogP contribution in [0.15, 0.2) is 36.4 Å². The van der Waals surface area contributed by atoms with E-state index in [0.29, 0.717) is 22.5 Å². The Morgan fingerprint density at radius 1 is 1.08 bits per heavy atom. The van der Waals surface area contributed by atoms with Crippen LogP contribution in [0.25, 0.3) is 11.1 Å². The number of halogens is 5. The highest BCUT2D eigenvalue weighted by Crippen LogP contribution is 2.36. The summed E-state index contributed by atoms with van der Waals surface area (Å²) in [7, 11) is 0. The number of ether oxygens (including phenoxy) is 1.